The molecule has 6 heteroatoms. The number of anilines is 2. The Balaban J connectivity index is 2.37. The Morgan fingerprint density at radius 3 is 2.35 bits per heavy atom. The van der Waals surface area contributed by atoms with Crippen LogP contribution in [0.4, 0.5) is 16.3 Å². The molecule has 6 nitrogen and oxygen atoms in total. The molecule has 0 spiro atoms. The standard InChI is InChI=1S/C14H18N4O2/c1-3-9-6-5-7-10(4-2)13(9)16-14(20)18-11(15)8-12(19)17-18/h5-8H,3-4,15H2,1-2H3,(H,16,20)(H,17,19). The van der Waals surface area contributed by atoms with E-state index in [0.717, 1.165) is 34.3 Å². The minimum Gasteiger partial charge on any atom is -0.383 e. The number of hydrogen-bond acceptors (Lipinski definition) is 3. The first kappa shape index (κ1) is 13.9. The molecule has 2 aromatic rings. The zero-order valence-electron chi connectivity index (χ0n) is 11.6. The molecule has 4 N–H and O–H groups in total. The van der Waals surface area contributed by atoms with Gasteiger partial charge in [-0.15, -0.1) is 0 Å². The molecule has 0 aliphatic carbocycles. The number of benzene rings is 1. The van der Waals surface area contributed by atoms with Crippen LogP contribution in [-0.4, -0.2) is 15.8 Å². The number of rotatable bonds is 3. The molecule has 0 fully saturated rings. The molecule has 0 bridgehead atoms. The molecule has 0 saturated carbocycles. The van der Waals surface area contributed by atoms with Crippen LogP contribution in [0.3, 0.4) is 0 Å². The lowest BCUT2D eigenvalue weighted by molar-refractivity contribution is 0.251. The lowest BCUT2D eigenvalue weighted by atomic mass is 10.0. The summed E-state index contributed by atoms with van der Waals surface area (Å²) >= 11 is 0. The van der Waals surface area contributed by atoms with E-state index >= 15 is 0 Å². The molecule has 0 aliphatic heterocycles. The van der Waals surface area contributed by atoms with Crippen LogP contribution in [0.25, 0.3) is 0 Å². The summed E-state index contributed by atoms with van der Waals surface area (Å²) in [7, 11) is 0. The number of aromatic nitrogens is 2. The predicted octanol–water partition coefficient (Wildman–Crippen LogP) is 1.96. The number of para-hydroxylation sites is 1. The van der Waals surface area contributed by atoms with Crippen LogP contribution < -0.4 is 16.6 Å². The maximum atomic E-state index is 12.2. The average Bonchev–Trinajstić information content (AvgIpc) is 2.78. The highest BCUT2D eigenvalue weighted by atomic mass is 16.2. The van der Waals surface area contributed by atoms with Gasteiger partial charge in [-0.2, -0.15) is 4.68 Å². The van der Waals surface area contributed by atoms with Gasteiger partial charge in [0.25, 0.3) is 5.56 Å². The fraction of sp³-hybridized carbons (Fsp3) is 0.286. The number of nitrogens with two attached hydrogens (primary N) is 1. The van der Waals surface area contributed by atoms with E-state index < -0.39 is 11.6 Å². The molecule has 2 rings (SSSR count). The summed E-state index contributed by atoms with van der Waals surface area (Å²) in [4.78, 5) is 23.4. The summed E-state index contributed by atoms with van der Waals surface area (Å²) in [6.07, 6.45) is 1.61. The molecule has 1 heterocycles. The molecular formula is C14H18N4O2. The summed E-state index contributed by atoms with van der Waals surface area (Å²) in [5.41, 5.74) is 8.08. The van der Waals surface area contributed by atoms with E-state index in [1.165, 1.54) is 6.07 Å². The lowest BCUT2D eigenvalue weighted by Gasteiger charge is -2.14. The first-order chi connectivity index (χ1) is 9.56. The van der Waals surface area contributed by atoms with E-state index in [9.17, 15) is 9.59 Å². The molecule has 0 unspecified atom stereocenters. The van der Waals surface area contributed by atoms with Crippen LogP contribution in [0.15, 0.2) is 29.1 Å². The second-order valence-electron chi connectivity index (χ2n) is 4.47. The highest BCUT2D eigenvalue weighted by Crippen LogP contribution is 2.22. The van der Waals surface area contributed by atoms with Crippen molar-refractivity contribution in [3.05, 3.63) is 45.7 Å². The monoisotopic (exact) mass is 274 g/mol. The van der Waals surface area contributed by atoms with Gasteiger partial charge in [0.05, 0.1) is 0 Å². The molecule has 1 aromatic carbocycles. The highest BCUT2D eigenvalue weighted by Gasteiger charge is 2.13. The minimum absolute atomic E-state index is 0.0829. The zero-order valence-corrected chi connectivity index (χ0v) is 11.6. The molecule has 1 amide bonds. The molecule has 1 aromatic heterocycles. The normalized spacial score (nSPS) is 10.5. The first-order valence-corrected chi connectivity index (χ1v) is 6.56. The van der Waals surface area contributed by atoms with Gasteiger partial charge in [0.1, 0.15) is 5.82 Å². The number of carbonyl (C=O) groups is 1. The molecule has 0 radical (unpaired) electrons. The third-order valence-corrected chi connectivity index (χ3v) is 3.19. The van der Waals surface area contributed by atoms with E-state index in [1.807, 2.05) is 32.0 Å². The molecule has 106 valence electrons. The van der Waals surface area contributed by atoms with Gasteiger partial charge in [-0.3, -0.25) is 9.89 Å². The molecule has 0 atom stereocenters. The quantitative estimate of drug-likeness (QED) is 0.798. The Kier molecular flexibility index (Phi) is 3.93. The van der Waals surface area contributed by atoms with Crippen molar-refractivity contribution < 1.29 is 4.79 Å². The van der Waals surface area contributed by atoms with Crippen molar-refractivity contribution in [2.45, 2.75) is 26.7 Å². The van der Waals surface area contributed by atoms with Crippen LogP contribution in [0, 0.1) is 0 Å². The largest absolute Gasteiger partial charge is 0.383 e. The first-order valence-electron chi connectivity index (χ1n) is 6.56. The van der Waals surface area contributed by atoms with Crippen molar-refractivity contribution >= 4 is 17.5 Å². The van der Waals surface area contributed by atoms with Gasteiger partial charge in [-0.05, 0) is 24.0 Å². The number of aromatic amines is 1. The third-order valence-electron chi connectivity index (χ3n) is 3.19. The van der Waals surface area contributed by atoms with E-state index in [1.54, 1.807) is 0 Å². The number of hydrogen-bond donors (Lipinski definition) is 3. The van der Waals surface area contributed by atoms with Crippen LogP contribution in [0.5, 0.6) is 0 Å². The van der Waals surface area contributed by atoms with Crippen molar-refractivity contribution in [2.75, 3.05) is 11.1 Å². The number of H-pyrrole nitrogens is 1. The van der Waals surface area contributed by atoms with Gasteiger partial charge in [0, 0.05) is 11.8 Å². The number of carbonyl (C=O) groups excluding carboxylic acids is 1. The predicted molar refractivity (Wildman–Crippen MR) is 79.1 cm³/mol. The Hall–Kier alpha value is -2.50. The summed E-state index contributed by atoms with van der Waals surface area (Å²) in [6.45, 7) is 4.05. The van der Waals surface area contributed by atoms with Crippen LogP contribution in [0.2, 0.25) is 0 Å². The van der Waals surface area contributed by atoms with E-state index in [0.29, 0.717) is 0 Å². The van der Waals surface area contributed by atoms with Gasteiger partial charge >= 0.3 is 6.03 Å². The number of nitrogen functional groups attached to an aromatic ring is 1. The molecular weight excluding hydrogens is 256 g/mol. The number of nitrogens with one attached hydrogen (secondary N) is 2. The topological polar surface area (TPSA) is 92.9 Å². The minimum atomic E-state index is -0.472. The van der Waals surface area contributed by atoms with Crippen LogP contribution in [-0.2, 0) is 12.8 Å². The Labute approximate surface area is 116 Å². The molecule has 20 heavy (non-hydrogen) atoms. The van der Waals surface area contributed by atoms with E-state index in [-0.39, 0.29) is 5.82 Å². The average molecular weight is 274 g/mol. The van der Waals surface area contributed by atoms with Crippen molar-refractivity contribution in [1.29, 1.82) is 0 Å². The Morgan fingerprint density at radius 2 is 1.90 bits per heavy atom. The maximum absolute atomic E-state index is 12.2. The van der Waals surface area contributed by atoms with Gasteiger partial charge in [-0.1, -0.05) is 32.0 Å². The molecule has 0 aliphatic rings. The molecule has 0 saturated heterocycles. The van der Waals surface area contributed by atoms with Gasteiger partial charge < -0.3 is 11.1 Å². The van der Waals surface area contributed by atoms with Crippen molar-refractivity contribution in [3.63, 3.8) is 0 Å². The number of amides is 1. The maximum Gasteiger partial charge on any atom is 0.346 e. The van der Waals surface area contributed by atoms with Gasteiger partial charge in [-0.25, -0.2) is 4.79 Å². The summed E-state index contributed by atoms with van der Waals surface area (Å²) in [6, 6.07) is 6.61. The Bertz CT molecular complexity index is 662. The third kappa shape index (κ3) is 2.59. The van der Waals surface area contributed by atoms with Crippen LogP contribution >= 0.6 is 0 Å². The Morgan fingerprint density at radius 1 is 1.30 bits per heavy atom. The summed E-state index contributed by atoms with van der Waals surface area (Å²) in [5.74, 6) is 0.0829. The number of nitrogens with zero attached hydrogens (tertiary/aromatic N) is 1. The van der Waals surface area contributed by atoms with Crippen LogP contribution in [0.1, 0.15) is 25.0 Å². The fourth-order valence-electron chi connectivity index (χ4n) is 2.14. The van der Waals surface area contributed by atoms with E-state index in [4.69, 9.17) is 5.73 Å². The summed E-state index contributed by atoms with van der Waals surface area (Å²) < 4.78 is 1.01. The fourth-order valence-corrected chi connectivity index (χ4v) is 2.14. The smallest absolute Gasteiger partial charge is 0.346 e. The van der Waals surface area contributed by atoms with Crippen molar-refractivity contribution in [3.8, 4) is 0 Å². The second kappa shape index (κ2) is 5.64. The van der Waals surface area contributed by atoms with Gasteiger partial charge in [0.15, 0.2) is 0 Å². The lowest BCUT2D eigenvalue weighted by Crippen LogP contribution is -2.24. The van der Waals surface area contributed by atoms with Gasteiger partial charge in [0.2, 0.25) is 0 Å². The summed E-state index contributed by atoms with van der Waals surface area (Å²) in [5, 5.41) is 5.19. The van der Waals surface area contributed by atoms with Crippen molar-refractivity contribution in [2.24, 2.45) is 0 Å². The zero-order chi connectivity index (χ0) is 14.7. The second-order valence-corrected chi connectivity index (χ2v) is 4.47. The highest BCUT2D eigenvalue weighted by molar-refractivity contribution is 5.93. The number of aryl methyl sites for hydroxylation is 2. The van der Waals surface area contributed by atoms with E-state index in [2.05, 4.69) is 10.4 Å². The SMILES string of the molecule is CCc1cccc(CC)c1NC(=O)n1[nH]c(=O)cc1N. The van der Waals surface area contributed by atoms with Crippen molar-refractivity contribution in [1.82, 2.24) is 9.78 Å².